The van der Waals surface area contributed by atoms with Crippen molar-refractivity contribution in [3.63, 3.8) is 0 Å². The average molecular weight is 253 g/mol. The van der Waals surface area contributed by atoms with Crippen molar-refractivity contribution in [3.05, 3.63) is 57.2 Å². The third-order valence-corrected chi connectivity index (χ3v) is 3.47. The number of hydrogen-bond acceptors (Lipinski definition) is 2. The molecular formula is C12H9ClO2S. The lowest BCUT2D eigenvalue weighted by Gasteiger charge is -2.10. The molecule has 2 nitrogen and oxygen atoms in total. The maximum atomic E-state index is 11.3. The van der Waals surface area contributed by atoms with E-state index in [1.165, 1.54) is 11.3 Å². The average Bonchev–Trinajstić information content (AvgIpc) is 2.74. The number of aliphatic carboxylic acids is 1. The fraction of sp³-hybridized carbons (Fsp3) is 0.0833. The Morgan fingerprint density at radius 3 is 2.44 bits per heavy atom. The molecule has 0 aliphatic carbocycles. The van der Waals surface area contributed by atoms with E-state index >= 15 is 0 Å². The normalized spacial score (nSPS) is 12.3. The van der Waals surface area contributed by atoms with Crippen molar-refractivity contribution >= 4 is 28.9 Å². The van der Waals surface area contributed by atoms with Crippen LogP contribution in [0.2, 0.25) is 5.02 Å². The van der Waals surface area contributed by atoms with Gasteiger partial charge in [0.15, 0.2) is 0 Å². The first-order valence-electron chi connectivity index (χ1n) is 4.70. The van der Waals surface area contributed by atoms with Gasteiger partial charge in [-0.1, -0.05) is 29.8 Å². The van der Waals surface area contributed by atoms with E-state index in [0.29, 0.717) is 5.02 Å². The molecule has 0 amide bonds. The van der Waals surface area contributed by atoms with E-state index in [1.54, 1.807) is 24.3 Å². The van der Waals surface area contributed by atoms with Gasteiger partial charge >= 0.3 is 5.97 Å². The Labute approximate surface area is 102 Å². The summed E-state index contributed by atoms with van der Waals surface area (Å²) in [5.41, 5.74) is 0.749. The Kier molecular flexibility index (Phi) is 3.27. The molecule has 1 unspecified atom stereocenters. The summed E-state index contributed by atoms with van der Waals surface area (Å²) in [5, 5.41) is 11.7. The Bertz CT molecular complexity index is 476. The number of benzene rings is 1. The van der Waals surface area contributed by atoms with E-state index in [9.17, 15) is 9.90 Å². The molecule has 0 aliphatic rings. The van der Waals surface area contributed by atoms with Crippen LogP contribution in [0.1, 0.15) is 16.4 Å². The molecule has 0 saturated carbocycles. The number of rotatable bonds is 3. The highest BCUT2D eigenvalue weighted by Crippen LogP contribution is 2.29. The van der Waals surface area contributed by atoms with Crippen molar-refractivity contribution in [3.8, 4) is 0 Å². The third-order valence-electron chi connectivity index (χ3n) is 2.28. The Hall–Kier alpha value is -1.32. The third kappa shape index (κ3) is 2.26. The fourth-order valence-electron chi connectivity index (χ4n) is 1.54. The molecule has 82 valence electrons. The van der Waals surface area contributed by atoms with Gasteiger partial charge in [-0.15, -0.1) is 11.3 Å². The van der Waals surface area contributed by atoms with E-state index < -0.39 is 11.9 Å². The summed E-state index contributed by atoms with van der Waals surface area (Å²) in [4.78, 5) is 12.1. The van der Waals surface area contributed by atoms with Crippen LogP contribution in [0.4, 0.5) is 0 Å². The van der Waals surface area contributed by atoms with Crippen LogP contribution in [0.3, 0.4) is 0 Å². The zero-order valence-electron chi connectivity index (χ0n) is 8.26. The summed E-state index contributed by atoms with van der Waals surface area (Å²) in [5.74, 6) is -1.44. The highest BCUT2D eigenvalue weighted by molar-refractivity contribution is 7.10. The number of carboxylic acids is 1. The molecule has 2 aromatic rings. The minimum absolute atomic E-state index is 0.600. The molecular weight excluding hydrogens is 244 g/mol. The zero-order chi connectivity index (χ0) is 11.5. The summed E-state index contributed by atoms with van der Waals surface area (Å²) in [7, 11) is 0. The summed E-state index contributed by atoms with van der Waals surface area (Å²) in [6, 6.07) is 10.6. The van der Waals surface area contributed by atoms with Crippen molar-refractivity contribution < 1.29 is 9.90 Å². The standard InChI is InChI=1S/C12H9ClO2S/c13-9-5-3-8(4-6-9)11(12(14)15)10-2-1-7-16-10/h1-7,11H,(H,14,15). The molecule has 1 atom stereocenters. The maximum absolute atomic E-state index is 11.3. The largest absolute Gasteiger partial charge is 0.481 e. The maximum Gasteiger partial charge on any atom is 0.316 e. The first-order valence-corrected chi connectivity index (χ1v) is 5.96. The first-order chi connectivity index (χ1) is 7.68. The van der Waals surface area contributed by atoms with Gasteiger partial charge in [0.2, 0.25) is 0 Å². The number of carbonyl (C=O) groups is 1. The van der Waals surface area contributed by atoms with E-state index in [2.05, 4.69) is 0 Å². The molecule has 0 aliphatic heterocycles. The van der Waals surface area contributed by atoms with Gasteiger partial charge < -0.3 is 5.11 Å². The van der Waals surface area contributed by atoms with Gasteiger partial charge in [-0.2, -0.15) is 0 Å². The smallest absolute Gasteiger partial charge is 0.316 e. The van der Waals surface area contributed by atoms with Gasteiger partial charge in [0.25, 0.3) is 0 Å². The van der Waals surface area contributed by atoms with Crippen LogP contribution < -0.4 is 0 Å². The van der Waals surface area contributed by atoms with Crippen molar-refractivity contribution in [2.75, 3.05) is 0 Å². The van der Waals surface area contributed by atoms with Crippen LogP contribution in [0, 0.1) is 0 Å². The molecule has 1 heterocycles. The van der Waals surface area contributed by atoms with Gasteiger partial charge in [0.1, 0.15) is 5.92 Å². The topological polar surface area (TPSA) is 37.3 Å². The van der Waals surface area contributed by atoms with E-state index in [1.807, 2.05) is 17.5 Å². The predicted octanol–water partition coefficient (Wildman–Crippen LogP) is 3.62. The van der Waals surface area contributed by atoms with Crippen LogP contribution in [0.15, 0.2) is 41.8 Å². The molecule has 0 radical (unpaired) electrons. The van der Waals surface area contributed by atoms with Crippen molar-refractivity contribution in [2.24, 2.45) is 0 Å². The number of thiophene rings is 1. The van der Waals surface area contributed by atoms with E-state index in [-0.39, 0.29) is 0 Å². The van der Waals surface area contributed by atoms with Crippen molar-refractivity contribution in [2.45, 2.75) is 5.92 Å². The lowest BCUT2D eigenvalue weighted by molar-refractivity contribution is -0.137. The summed E-state index contributed by atoms with van der Waals surface area (Å²) >= 11 is 7.22. The van der Waals surface area contributed by atoms with Gasteiger partial charge in [0.05, 0.1) is 0 Å². The second-order valence-corrected chi connectivity index (χ2v) is 4.75. The molecule has 1 aromatic carbocycles. The number of halogens is 1. The van der Waals surface area contributed by atoms with Gasteiger partial charge in [0, 0.05) is 9.90 Å². The molecule has 0 bridgehead atoms. The van der Waals surface area contributed by atoms with Gasteiger partial charge in [-0.3, -0.25) is 4.79 Å². The van der Waals surface area contributed by atoms with Crippen LogP contribution in [0.5, 0.6) is 0 Å². The van der Waals surface area contributed by atoms with Crippen molar-refractivity contribution in [1.82, 2.24) is 0 Å². The molecule has 2 rings (SSSR count). The highest BCUT2D eigenvalue weighted by Gasteiger charge is 2.22. The second kappa shape index (κ2) is 4.68. The van der Waals surface area contributed by atoms with Crippen LogP contribution >= 0.6 is 22.9 Å². The van der Waals surface area contributed by atoms with Crippen LogP contribution in [-0.2, 0) is 4.79 Å². The SMILES string of the molecule is O=C(O)C(c1ccc(Cl)cc1)c1cccs1. The van der Waals surface area contributed by atoms with Gasteiger partial charge in [-0.25, -0.2) is 0 Å². The lowest BCUT2D eigenvalue weighted by atomic mass is 9.98. The monoisotopic (exact) mass is 252 g/mol. The van der Waals surface area contributed by atoms with Crippen molar-refractivity contribution in [1.29, 1.82) is 0 Å². The first kappa shape index (κ1) is 11.2. The van der Waals surface area contributed by atoms with E-state index in [4.69, 9.17) is 11.6 Å². The Morgan fingerprint density at radius 1 is 1.25 bits per heavy atom. The minimum Gasteiger partial charge on any atom is -0.481 e. The predicted molar refractivity (Wildman–Crippen MR) is 65.2 cm³/mol. The fourth-order valence-corrected chi connectivity index (χ4v) is 2.51. The Morgan fingerprint density at radius 2 is 1.94 bits per heavy atom. The van der Waals surface area contributed by atoms with Crippen LogP contribution in [0.25, 0.3) is 0 Å². The number of hydrogen-bond donors (Lipinski definition) is 1. The van der Waals surface area contributed by atoms with Crippen LogP contribution in [-0.4, -0.2) is 11.1 Å². The second-order valence-electron chi connectivity index (χ2n) is 3.34. The summed E-state index contributed by atoms with van der Waals surface area (Å²) < 4.78 is 0. The molecule has 0 spiro atoms. The zero-order valence-corrected chi connectivity index (χ0v) is 9.83. The minimum atomic E-state index is -0.843. The Balaban J connectivity index is 2.41. The highest BCUT2D eigenvalue weighted by atomic mass is 35.5. The molecule has 1 aromatic heterocycles. The molecule has 1 N–H and O–H groups in total. The van der Waals surface area contributed by atoms with Gasteiger partial charge in [-0.05, 0) is 29.1 Å². The van der Waals surface area contributed by atoms with E-state index in [0.717, 1.165) is 10.4 Å². The molecule has 4 heteroatoms. The summed E-state index contributed by atoms with van der Waals surface area (Å²) in [6.45, 7) is 0. The lowest BCUT2D eigenvalue weighted by Crippen LogP contribution is -2.11. The number of carboxylic acid groups (broad SMARTS) is 1. The molecule has 0 saturated heterocycles. The molecule has 0 fully saturated rings. The summed E-state index contributed by atoms with van der Waals surface area (Å²) in [6.07, 6.45) is 0. The quantitative estimate of drug-likeness (QED) is 0.906. The molecule has 16 heavy (non-hydrogen) atoms.